The second-order valence-corrected chi connectivity index (χ2v) is 13.1. The smallest absolute Gasteiger partial charge is 0.255 e. The highest BCUT2D eigenvalue weighted by Gasteiger charge is 2.34. The number of phenolic OH excluding ortho intramolecular Hbond substituents is 1. The monoisotopic (exact) mass is 669 g/mol. The van der Waals surface area contributed by atoms with Crippen molar-refractivity contribution in [3.63, 3.8) is 0 Å². The molecule has 5 amide bonds. The first-order valence-electron chi connectivity index (χ1n) is 16.4. The van der Waals surface area contributed by atoms with Crippen molar-refractivity contribution < 1.29 is 33.8 Å². The van der Waals surface area contributed by atoms with Crippen molar-refractivity contribution >= 4 is 29.5 Å². The van der Waals surface area contributed by atoms with Gasteiger partial charge in [-0.15, -0.1) is 0 Å². The maximum atomic E-state index is 14.0. The second-order valence-electron chi connectivity index (χ2n) is 13.1. The predicted octanol–water partition coefficient (Wildman–Crippen LogP) is 2.97. The lowest BCUT2D eigenvalue weighted by atomic mass is 10.0. The van der Waals surface area contributed by atoms with Crippen molar-refractivity contribution in [2.75, 3.05) is 19.6 Å². The van der Waals surface area contributed by atoms with Gasteiger partial charge in [-0.1, -0.05) is 44.2 Å². The summed E-state index contributed by atoms with van der Waals surface area (Å²) in [4.78, 5) is 70.4. The van der Waals surface area contributed by atoms with E-state index >= 15 is 0 Å². The molecule has 3 aliphatic rings. The zero-order valence-corrected chi connectivity index (χ0v) is 28.4. The van der Waals surface area contributed by atoms with Gasteiger partial charge in [-0.25, -0.2) is 0 Å². The minimum absolute atomic E-state index is 0.0783. The Balaban J connectivity index is 1.38. The second kappa shape index (κ2) is 14.8. The average Bonchev–Trinajstić information content (AvgIpc) is 3.06. The number of ether oxygens (including phenoxy) is 1. The fraction of sp³-hybridized carbons (Fsp3) is 0.378. The number of nitrogens with one attached hydrogen (secondary N) is 3. The summed E-state index contributed by atoms with van der Waals surface area (Å²) in [5, 5.41) is 18.5. The van der Waals surface area contributed by atoms with E-state index in [-0.39, 0.29) is 41.9 Å². The summed E-state index contributed by atoms with van der Waals surface area (Å²) in [6.45, 7) is 9.99. The highest BCUT2D eigenvalue weighted by Crippen LogP contribution is 2.28. The number of benzene rings is 3. The van der Waals surface area contributed by atoms with Crippen LogP contribution < -0.4 is 20.7 Å². The van der Waals surface area contributed by atoms with Crippen LogP contribution in [0.1, 0.15) is 53.4 Å². The number of carbonyl (C=O) groups excluding carboxylic acids is 5. The number of hydrogen-bond acceptors (Lipinski definition) is 7. The molecule has 1 saturated heterocycles. The molecule has 3 heterocycles. The van der Waals surface area contributed by atoms with Gasteiger partial charge in [-0.05, 0) is 79.3 Å². The van der Waals surface area contributed by atoms with Gasteiger partial charge in [0, 0.05) is 26.1 Å². The van der Waals surface area contributed by atoms with Gasteiger partial charge in [-0.3, -0.25) is 24.0 Å². The normalized spacial score (nSPS) is 20.6. The van der Waals surface area contributed by atoms with E-state index in [0.717, 1.165) is 11.1 Å². The summed E-state index contributed by atoms with van der Waals surface area (Å²) < 4.78 is 5.94. The molecular weight excluding hydrogens is 626 g/mol. The van der Waals surface area contributed by atoms with E-state index in [9.17, 15) is 29.1 Å². The van der Waals surface area contributed by atoms with Crippen LogP contribution >= 0.6 is 0 Å². The van der Waals surface area contributed by atoms with Gasteiger partial charge in [0.2, 0.25) is 23.6 Å². The SMILES string of the molecule is Cc1ccc(CN2CCN(C(=O)[C@@H]3Cc4ccc(cc4)Oc4ccc(O)c(c4)C(=O)N[C@@H](C(C)C)C(=O)N[C@@H](C)C(=O)N3)CC2=O)cc1C. The number of amides is 5. The average molecular weight is 670 g/mol. The van der Waals surface area contributed by atoms with Crippen LogP contribution in [-0.4, -0.2) is 82.2 Å². The minimum Gasteiger partial charge on any atom is -0.507 e. The van der Waals surface area contributed by atoms with Crippen LogP contribution in [0, 0.1) is 19.8 Å². The fourth-order valence-corrected chi connectivity index (χ4v) is 5.85. The van der Waals surface area contributed by atoms with E-state index in [2.05, 4.69) is 22.0 Å². The summed E-state index contributed by atoms with van der Waals surface area (Å²) in [5.41, 5.74) is 3.97. The van der Waals surface area contributed by atoms with Crippen LogP contribution in [0.3, 0.4) is 0 Å². The fourth-order valence-electron chi connectivity index (χ4n) is 5.85. The van der Waals surface area contributed by atoms with Crippen molar-refractivity contribution in [3.8, 4) is 17.2 Å². The topological polar surface area (TPSA) is 157 Å². The number of phenols is 1. The third kappa shape index (κ3) is 8.37. The van der Waals surface area contributed by atoms with Crippen LogP contribution in [-0.2, 0) is 32.1 Å². The van der Waals surface area contributed by atoms with Crippen LogP contribution in [0.2, 0.25) is 0 Å². The van der Waals surface area contributed by atoms with E-state index in [1.54, 1.807) is 43.0 Å². The Bertz CT molecular complexity index is 1760. The number of fused-ring (bicyclic) bond motifs is 11. The number of piperazine rings is 1. The molecule has 0 saturated carbocycles. The number of carbonyl (C=O) groups is 5. The molecule has 0 unspecified atom stereocenters. The molecule has 0 aromatic heterocycles. The number of aromatic hydroxyl groups is 1. The van der Waals surface area contributed by atoms with Crippen LogP contribution in [0.5, 0.6) is 17.2 Å². The van der Waals surface area contributed by atoms with E-state index in [4.69, 9.17) is 4.74 Å². The van der Waals surface area contributed by atoms with Gasteiger partial charge < -0.3 is 35.6 Å². The third-order valence-corrected chi connectivity index (χ3v) is 8.99. The van der Waals surface area contributed by atoms with Gasteiger partial charge in [0.05, 0.1) is 12.1 Å². The molecule has 49 heavy (non-hydrogen) atoms. The molecule has 0 spiro atoms. The molecule has 12 nitrogen and oxygen atoms in total. The standard InChI is InChI=1S/C37H43N5O7/c1-21(2)33-36(47)38-24(5)34(45)39-30(37(48)42-15-14-41(32(44)20-42)19-26-7-6-22(3)23(4)16-26)17-25-8-10-27(11-9-25)49-28-12-13-31(43)29(18-28)35(46)40-33/h6-13,16,18,21,24,30,33,43H,14-15,17,19-20H2,1-5H3,(H,38,47)(H,39,45)(H,40,46)/t24-,30-,33-/m0/s1. The molecule has 3 atom stereocenters. The van der Waals surface area contributed by atoms with Gasteiger partial charge in [0.15, 0.2) is 0 Å². The zero-order valence-electron chi connectivity index (χ0n) is 28.4. The van der Waals surface area contributed by atoms with E-state index in [0.29, 0.717) is 30.9 Å². The van der Waals surface area contributed by atoms with E-state index in [1.807, 2.05) is 26.0 Å². The molecule has 4 bridgehead atoms. The van der Waals surface area contributed by atoms with Crippen LogP contribution in [0.25, 0.3) is 0 Å². The molecular formula is C37H43N5O7. The Morgan fingerprint density at radius 3 is 2.27 bits per heavy atom. The maximum absolute atomic E-state index is 14.0. The van der Waals surface area contributed by atoms with Gasteiger partial charge in [0.25, 0.3) is 5.91 Å². The number of rotatable bonds is 4. The minimum atomic E-state index is -1.07. The van der Waals surface area contributed by atoms with Crippen molar-refractivity contribution in [3.05, 3.63) is 88.5 Å². The maximum Gasteiger partial charge on any atom is 0.255 e. The Morgan fingerprint density at radius 1 is 0.878 bits per heavy atom. The largest absolute Gasteiger partial charge is 0.507 e. The molecule has 3 aromatic rings. The molecule has 1 fully saturated rings. The van der Waals surface area contributed by atoms with Crippen LogP contribution in [0.4, 0.5) is 0 Å². The summed E-state index contributed by atoms with van der Waals surface area (Å²) in [6, 6.07) is 14.1. The van der Waals surface area contributed by atoms with Crippen molar-refractivity contribution in [2.24, 2.45) is 5.92 Å². The number of hydrogen-bond donors (Lipinski definition) is 4. The Labute approximate surface area is 285 Å². The molecule has 3 aromatic carbocycles. The Hall–Kier alpha value is -5.39. The van der Waals surface area contributed by atoms with Gasteiger partial charge in [-0.2, -0.15) is 0 Å². The molecule has 6 rings (SSSR count). The summed E-state index contributed by atoms with van der Waals surface area (Å²) in [6.07, 6.45) is 0.122. The number of aryl methyl sites for hydroxylation is 2. The molecule has 3 aliphatic heterocycles. The lowest BCUT2D eigenvalue weighted by Gasteiger charge is -2.36. The molecule has 0 aliphatic carbocycles. The highest BCUT2D eigenvalue weighted by molar-refractivity contribution is 6.01. The van der Waals surface area contributed by atoms with Crippen LogP contribution in [0.15, 0.2) is 60.7 Å². The van der Waals surface area contributed by atoms with E-state index in [1.165, 1.54) is 35.6 Å². The summed E-state index contributed by atoms with van der Waals surface area (Å²) >= 11 is 0. The summed E-state index contributed by atoms with van der Waals surface area (Å²) in [7, 11) is 0. The number of nitrogens with zero attached hydrogens (tertiary/aromatic N) is 2. The quantitative estimate of drug-likeness (QED) is 0.311. The Morgan fingerprint density at radius 2 is 1.59 bits per heavy atom. The zero-order chi connectivity index (χ0) is 35.4. The third-order valence-electron chi connectivity index (χ3n) is 8.99. The first-order chi connectivity index (χ1) is 23.3. The molecule has 4 N–H and O–H groups in total. The first-order valence-corrected chi connectivity index (χ1v) is 16.4. The van der Waals surface area contributed by atoms with E-state index < -0.39 is 41.8 Å². The first kappa shape index (κ1) is 34.9. The van der Waals surface area contributed by atoms with Crippen molar-refractivity contribution in [2.45, 2.75) is 65.7 Å². The summed E-state index contributed by atoms with van der Waals surface area (Å²) in [5.74, 6) is -2.44. The van der Waals surface area contributed by atoms with Gasteiger partial charge in [0.1, 0.15) is 35.4 Å². The molecule has 258 valence electrons. The highest BCUT2D eigenvalue weighted by atomic mass is 16.5. The van der Waals surface area contributed by atoms with Crippen molar-refractivity contribution in [1.29, 1.82) is 0 Å². The Kier molecular flexibility index (Phi) is 10.5. The predicted molar refractivity (Wildman–Crippen MR) is 182 cm³/mol. The van der Waals surface area contributed by atoms with Gasteiger partial charge >= 0.3 is 0 Å². The van der Waals surface area contributed by atoms with Crippen molar-refractivity contribution in [1.82, 2.24) is 25.8 Å². The lowest BCUT2D eigenvalue weighted by Crippen LogP contribution is -2.59. The molecule has 0 radical (unpaired) electrons. The molecule has 12 heteroatoms. The lowest BCUT2D eigenvalue weighted by molar-refractivity contribution is -0.147.